The van der Waals surface area contributed by atoms with Crippen molar-refractivity contribution in [1.29, 1.82) is 0 Å². The molecular formula is C14H16OS. The smallest absolute Gasteiger partial charge is 0.0647 e. The van der Waals surface area contributed by atoms with Gasteiger partial charge in [-0.25, -0.2) is 0 Å². The van der Waals surface area contributed by atoms with Crippen LogP contribution in [-0.2, 0) is 0 Å². The monoisotopic (exact) mass is 232 g/mol. The molecule has 0 bridgehead atoms. The Labute approximate surface area is 100 Å². The van der Waals surface area contributed by atoms with Crippen molar-refractivity contribution in [1.82, 2.24) is 0 Å². The number of benzene rings is 1. The lowest BCUT2D eigenvalue weighted by atomic mass is 10.0. The molecule has 0 spiro atoms. The average Bonchev–Trinajstić information content (AvgIpc) is 2.69. The first-order valence-electron chi connectivity index (χ1n) is 5.50. The summed E-state index contributed by atoms with van der Waals surface area (Å²) in [6.07, 6.45) is 2.11. The highest BCUT2D eigenvalue weighted by Gasteiger charge is 2.05. The van der Waals surface area contributed by atoms with E-state index in [-0.39, 0.29) is 6.61 Å². The van der Waals surface area contributed by atoms with Crippen molar-refractivity contribution in [2.45, 2.75) is 13.8 Å². The number of hydrogen-bond acceptors (Lipinski definition) is 2. The molecule has 0 saturated heterocycles. The fourth-order valence-corrected chi connectivity index (χ4v) is 2.62. The zero-order chi connectivity index (χ0) is 11.5. The second kappa shape index (κ2) is 4.81. The Hall–Kier alpha value is -1.12. The van der Waals surface area contributed by atoms with Gasteiger partial charge in [0, 0.05) is 4.70 Å². The Balaban J connectivity index is 2.48. The summed E-state index contributed by atoms with van der Waals surface area (Å²) in [7, 11) is 0. The highest BCUT2D eigenvalue weighted by molar-refractivity contribution is 7.17. The van der Waals surface area contributed by atoms with Crippen molar-refractivity contribution in [2.75, 3.05) is 6.61 Å². The van der Waals surface area contributed by atoms with Crippen molar-refractivity contribution in [3.63, 3.8) is 0 Å². The van der Waals surface area contributed by atoms with E-state index in [1.54, 1.807) is 11.3 Å². The van der Waals surface area contributed by atoms with Crippen molar-refractivity contribution in [3.8, 4) is 0 Å². The zero-order valence-electron chi connectivity index (χ0n) is 9.60. The van der Waals surface area contributed by atoms with Gasteiger partial charge in [0.05, 0.1) is 6.61 Å². The van der Waals surface area contributed by atoms with Crippen LogP contribution >= 0.6 is 11.3 Å². The summed E-state index contributed by atoms with van der Waals surface area (Å²) >= 11 is 1.75. The minimum Gasteiger partial charge on any atom is -0.392 e. The molecule has 2 aromatic rings. The molecule has 0 amide bonds. The summed E-state index contributed by atoms with van der Waals surface area (Å²) in [5.41, 5.74) is 2.31. The lowest BCUT2D eigenvalue weighted by molar-refractivity contribution is 0.320. The lowest BCUT2D eigenvalue weighted by Gasteiger charge is -2.07. The predicted molar refractivity (Wildman–Crippen MR) is 71.7 cm³/mol. The standard InChI is InChI=1S/C14H16OS/c1-10(2)11(8-15)7-12-9-16-14-6-4-3-5-13(12)14/h3-7,9-10,15H,8H2,1-2H3. The lowest BCUT2D eigenvalue weighted by Crippen LogP contribution is -1.98. The molecule has 1 heterocycles. The Bertz CT molecular complexity index is 508. The van der Waals surface area contributed by atoms with E-state index in [1.165, 1.54) is 15.6 Å². The second-order valence-electron chi connectivity index (χ2n) is 4.22. The van der Waals surface area contributed by atoms with Gasteiger partial charge in [0.15, 0.2) is 0 Å². The molecule has 1 N–H and O–H groups in total. The summed E-state index contributed by atoms with van der Waals surface area (Å²) in [6.45, 7) is 4.36. The Kier molecular flexibility index (Phi) is 3.42. The third kappa shape index (κ3) is 2.18. The third-order valence-electron chi connectivity index (χ3n) is 2.78. The van der Waals surface area contributed by atoms with E-state index in [0.29, 0.717) is 5.92 Å². The van der Waals surface area contributed by atoms with Crippen LogP contribution in [0.1, 0.15) is 19.4 Å². The van der Waals surface area contributed by atoms with Crippen LogP contribution in [0.5, 0.6) is 0 Å². The van der Waals surface area contributed by atoms with Crippen LogP contribution in [0.25, 0.3) is 16.2 Å². The van der Waals surface area contributed by atoms with Crippen LogP contribution in [0.2, 0.25) is 0 Å². The molecule has 0 aliphatic heterocycles. The molecule has 16 heavy (non-hydrogen) atoms. The van der Waals surface area contributed by atoms with E-state index in [0.717, 1.165) is 5.57 Å². The zero-order valence-corrected chi connectivity index (χ0v) is 10.4. The first-order valence-corrected chi connectivity index (χ1v) is 6.38. The fraction of sp³-hybridized carbons (Fsp3) is 0.286. The van der Waals surface area contributed by atoms with Gasteiger partial charge in [-0.3, -0.25) is 0 Å². The van der Waals surface area contributed by atoms with Crippen LogP contribution in [0, 0.1) is 5.92 Å². The van der Waals surface area contributed by atoms with Crippen molar-refractivity contribution in [3.05, 3.63) is 40.8 Å². The predicted octanol–water partition coefficient (Wildman–Crippen LogP) is 3.93. The van der Waals surface area contributed by atoms with Gasteiger partial charge in [-0.05, 0) is 33.9 Å². The topological polar surface area (TPSA) is 20.2 Å². The number of hydrogen-bond donors (Lipinski definition) is 1. The SMILES string of the molecule is CC(C)C(=Cc1csc2ccccc12)CO. The maximum Gasteiger partial charge on any atom is 0.0647 e. The molecule has 0 radical (unpaired) electrons. The molecule has 0 unspecified atom stereocenters. The minimum atomic E-state index is 0.141. The molecule has 1 nitrogen and oxygen atoms in total. The molecule has 0 saturated carbocycles. The fourth-order valence-electron chi connectivity index (χ4n) is 1.70. The summed E-state index contributed by atoms with van der Waals surface area (Å²) in [5.74, 6) is 0.392. The maximum atomic E-state index is 9.30. The van der Waals surface area contributed by atoms with Gasteiger partial charge in [0.25, 0.3) is 0 Å². The first kappa shape index (κ1) is 11.4. The van der Waals surface area contributed by atoms with Crippen molar-refractivity contribution < 1.29 is 5.11 Å². The van der Waals surface area contributed by atoms with Crippen LogP contribution in [0.3, 0.4) is 0 Å². The summed E-state index contributed by atoms with van der Waals surface area (Å²) in [6, 6.07) is 8.38. The molecule has 0 aliphatic rings. The number of fused-ring (bicyclic) bond motifs is 1. The van der Waals surface area contributed by atoms with Crippen molar-refractivity contribution >= 4 is 27.5 Å². The number of rotatable bonds is 3. The van der Waals surface area contributed by atoms with Gasteiger partial charge in [-0.15, -0.1) is 11.3 Å². The Morgan fingerprint density at radius 1 is 1.38 bits per heavy atom. The molecule has 2 rings (SSSR count). The Morgan fingerprint density at radius 2 is 2.12 bits per heavy atom. The molecule has 0 aliphatic carbocycles. The molecule has 0 atom stereocenters. The molecule has 1 aromatic heterocycles. The number of aliphatic hydroxyl groups excluding tert-OH is 1. The van der Waals surface area contributed by atoms with Gasteiger partial charge in [-0.2, -0.15) is 0 Å². The van der Waals surface area contributed by atoms with Crippen molar-refractivity contribution in [2.24, 2.45) is 5.92 Å². The molecule has 84 valence electrons. The summed E-state index contributed by atoms with van der Waals surface area (Å²) in [4.78, 5) is 0. The quantitative estimate of drug-likeness (QED) is 0.850. The van der Waals surface area contributed by atoms with Gasteiger partial charge >= 0.3 is 0 Å². The maximum absolute atomic E-state index is 9.30. The molecular weight excluding hydrogens is 216 g/mol. The van der Waals surface area contributed by atoms with Gasteiger partial charge in [-0.1, -0.05) is 38.1 Å². The van der Waals surface area contributed by atoms with E-state index in [9.17, 15) is 5.11 Å². The van der Waals surface area contributed by atoms with E-state index < -0.39 is 0 Å². The van der Waals surface area contributed by atoms with Gasteiger partial charge in [0.1, 0.15) is 0 Å². The largest absolute Gasteiger partial charge is 0.392 e. The molecule has 2 heteroatoms. The number of aliphatic hydroxyl groups is 1. The third-order valence-corrected chi connectivity index (χ3v) is 3.76. The van der Waals surface area contributed by atoms with E-state index in [2.05, 4.69) is 49.6 Å². The highest BCUT2D eigenvalue weighted by atomic mass is 32.1. The Morgan fingerprint density at radius 3 is 2.81 bits per heavy atom. The molecule has 0 fully saturated rings. The highest BCUT2D eigenvalue weighted by Crippen LogP contribution is 2.28. The number of thiophene rings is 1. The minimum absolute atomic E-state index is 0.141. The molecule has 1 aromatic carbocycles. The normalized spacial score (nSPS) is 12.6. The van der Waals surface area contributed by atoms with Gasteiger partial charge in [0.2, 0.25) is 0 Å². The second-order valence-corrected chi connectivity index (χ2v) is 5.13. The van der Waals surface area contributed by atoms with Crippen LogP contribution in [0.4, 0.5) is 0 Å². The summed E-state index contributed by atoms with van der Waals surface area (Å²) in [5, 5.41) is 12.7. The summed E-state index contributed by atoms with van der Waals surface area (Å²) < 4.78 is 1.30. The van der Waals surface area contributed by atoms with E-state index >= 15 is 0 Å². The van der Waals surface area contributed by atoms with E-state index in [4.69, 9.17) is 0 Å². The van der Waals surface area contributed by atoms with Crippen LogP contribution in [0.15, 0.2) is 35.2 Å². The van der Waals surface area contributed by atoms with Crippen LogP contribution < -0.4 is 0 Å². The van der Waals surface area contributed by atoms with Crippen LogP contribution in [-0.4, -0.2) is 11.7 Å². The van der Waals surface area contributed by atoms with Gasteiger partial charge < -0.3 is 5.11 Å². The first-order chi connectivity index (χ1) is 7.72. The van der Waals surface area contributed by atoms with E-state index in [1.807, 2.05) is 0 Å². The average molecular weight is 232 g/mol.